The number of likely N-dealkylation sites (N-methyl/N-ethyl adjacent to an activating group) is 1. The maximum absolute atomic E-state index is 12.3. The fourth-order valence-electron chi connectivity index (χ4n) is 1.92. The molecule has 4 nitrogen and oxygen atoms in total. The van der Waals surface area contributed by atoms with Gasteiger partial charge in [0, 0.05) is 18.0 Å². The fraction of sp³-hybridized carbons (Fsp3) is 0.667. The van der Waals surface area contributed by atoms with Crippen LogP contribution in [-0.4, -0.2) is 43.1 Å². The number of nitrogens with two attached hydrogens (primary N) is 1. The van der Waals surface area contributed by atoms with E-state index in [9.17, 15) is 4.79 Å². The lowest BCUT2D eigenvalue weighted by atomic mass is 10.0. The van der Waals surface area contributed by atoms with Crippen LogP contribution in [0.1, 0.15) is 36.4 Å². The van der Waals surface area contributed by atoms with Crippen LogP contribution in [0, 0.1) is 5.92 Å². The Bertz CT molecular complexity index is 533. The van der Waals surface area contributed by atoms with Gasteiger partial charge in [-0.05, 0) is 47.0 Å². The largest absolute Gasteiger partial charge is 0.396 e. The Hall–Kier alpha value is -0.720. The number of rotatable bonds is 7. The zero-order valence-electron chi connectivity index (χ0n) is 13.4. The van der Waals surface area contributed by atoms with Gasteiger partial charge in [0.25, 0.3) is 0 Å². The number of hydrogen-bond donors (Lipinski definition) is 2. The van der Waals surface area contributed by atoms with Gasteiger partial charge in [0.1, 0.15) is 5.00 Å². The Morgan fingerprint density at radius 2 is 2.10 bits per heavy atom. The van der Waals surface area contributed by atoms with E-state index in [2.05, 4.69) is 38.2 Å². The molecule has 3 N–H and O–H groups in total. The predicted molar refractivity (Wildman–Crippen MR) is 93.8 cm³/mol. The first kappa shape index (κ1) is 16.6. The second-order valence-electron chi connectivity index (χ2n) is 6.41. The first-order valence-corrected chi connectivity index (χ1v) is 9.23. The fourth-order valence-corrected chi connectivity index (χ4v) is 3.97. The molecule has 2 rings (SSSR count). The molecule has 1 aliphatic rings. The van der Waals surface area contributed by atoms with Gasteiger partial charge < -0.3 is 16.0 Å². The van der Waals surface area contributed by atoms with E-state index >= 15 is 0 Å². The van der Waals surface area contributed by atoms with Gasteiger partial charge in [0.05, 0.1) is 15.5 Å². The molecule has 0 bridgehead atoms. The van der Waals surface area contributed by atoms with Crippen molar-refractivity contribution in [1.82, 2.24) is 4.90 Å². The summed E-state index contributed by atoms with van der Waals surface area (Å²) in [5.74, 6) is 0.444. The van der Waals surface area contributed by atoms with Gasteiger partial charge in [-0.3, -0.25) is 4.79 Å². The van der Waals surface area contributed by atoms with Crippen molar-refractivity contribution >= 4 is 39.6 Å². The van der Waals surface area contributed by atoms with Gasteiger partial charge >= 0.3 is 0 Å². The third-order valence-corrected chi connectivity index (χ3v) is 6.31. The number of anilines is 2. The molecule has 21 heavy (non-hydrogen) atoms. The molecule has 1 fully saturated rings. The minimum atomic E-state index is 0.0368. The molecule has 0 radical (unpaired) electrons. The molecule has 1 aromatic rings. The molecule has 0 amide bonds. The zero-order chi connectivity index (χ0) is 15.8. The van der Waals surface area contributed by atoms with Crippen molar-refractivity contribution in [2.45, 2.75) is 37.1 Å². The van der Waals surface area contributed by atoms with Crippen LogP contribution < -0.4 is 11.1 Å². The van der Waals surface area contributed by atoms with E-state index in [1.807, 2.05) is 6.26 Å². The zero-order valence-corrected chi connectivity index (χ0v) is 15.1. The predicted octanol–water partition coefficient (Wildman–Crippen LogP) is 3.40. The normalized spacial score (nSPS) is 15.5. The highest BCUT2D eigenvalue weighted by Gasteiger charge is 2.34. The summed E-state index contributed by atoms with van der Waals surface area (Å²) < 4.78 is 0. The molecule has 0 aliphatic heterocycles. The van der Waals surface area contributed by atoms with Gasteiger partial charge in [0.15, 0.2) is 5.78 Å². The summed E-state index contributed by atoms with van der Waals surface area (Å²) in [4.78, 5) is 16.2. The Morgan fingerprint density at radius 3 is 2.57 bits per heavy atom. The number of nitrogen functional groups attached to an aromatic ring is 1. The Kier molecular flexibility index (Phi) is 4.90. The van der Waals surface area contributed by atoms with E-state index in [-0.39, 0.29) is 17.2 Å². The smallest absolute Gasteiger partial charge is 0.178 e. The Labute approximate surface area is 135 Å². The van der Waals surface area contributed by atoms with Crippen molar-refractivity contribution in [3.8, 4) is 0 Å². The summed E-state index contributed by atoms with van der Waals surface area (Å²) in [5.41, 5.74) is 6.90. The van der Waals surface area contributed by atoms with Gasteiger partial charge in [-0.25, -0.2) is 0 Å². The van der Waals surface area contributed by atoms with Crippen molar-refractivity contribution in [3.05, 3.63) is 4.88 Å². The maximum atomic E-state index is 12.3. The average Bonchev–Trinajstić information content (AvgIpc) is 3.20. The number of nitrogens with zero attached hydrogens (tertiary/aromatic N) is 1. The summed E-state index contributed by atoms with van der Waals surface area (Å²) in [6, 6.07) is 0. The molecular weight excluding hydrogens is 302 g/mol. The summed E-state index contributed by atoms with van der Waals surface area (Å²) in [6.45, 7) is 5.18. The van der Waals surface area contributed by atoms with Crippen LogP contribution in [-0.2, 0) is 0 Å². The summed E-state index contributed by atoms with van der Waals surface area (Å²) in [6.07, 6.45) is 4.04. The van der Waals surface area contributed by atoms with Crippen LogP contribution in [0.3, 0.4) is 0 Å². The minimum Gasteiger partial charge on any atom is -0.396 e. The molecular formula is C15H25N3OS2. The standard InChI is InChI=1S/C15H25N3OS2/c1-15(2,18(3)4)8-17-14-13(20-5)10(16)12(21-14)11(19)9-6-7-9/h9,17H,6-8,16H2,1-5H3. The van der Waals surface area contributed by atoms with Crippen LogP contribution in [0.25, 0.3) is 0 Å². The number of hydrogen-bond acceptors (Lipinski definition) is 6. The van der Waals surface area contributed by atoms with E-state index in [0.717, 1.165) is 34.2 Å². The van der Waals surface area contributed by atoms with E-state index in [1.165, 1.54) is 11.3 Å². The number of Topliss-reactive ketones (excluding diaryl/α,β-unsaturated/α-hetero) is 1. The third kappa shape index (κ3) is 3.55. The van der Waals surface area contributed by atoms with Crippen LogP contribution >= 0.6 is 23.1 Å². The highest BCUT2D eigenvalue weighted by Crippen LogP contribution is 2.45. The third-order valence-electron chi connectivity index (χ3n) is 4.17. The van der Waals surface area contributed by atoms with E-state index in [4.69, 9.17) is 5.73 Å². The Balaban J connectivity index is 2.19. The molecule has 1 saturated carbocycles. The first-order chi connectivity index (χ1) is 9.77. The van der Waals surface area contributed by atoms with Crippen molar-refractivity contribution < 1.29 is 4.79 Å². The second-order valence-corrected chi connectivity index (χ2v) is 8.24. The minimum absolute atomic E-state index is 0.0368. The molecule has 6 heteroatoms. The summed E-state index contributed by atoms with van der Waals surface area (Å²) >= 11 is 3.12. The van der Waals surface area contributed by atoms with E-state index in [1.54, 1.807) is 11.8 Å². The van der Waals surface area contributed by atoms with E-state index < -0.39 is 0 Å². The van der Waals surface area contributed by atoms with Crippen LogP contribution in [0.15, 0.2) is 4.90 Å². The average molecular weight is 328 g/mol. The van der Waals surface area contributed by atoms with Gasteiger partial charge in [0.2, 0.25) is 0 Å². The van der Waals surface area contributed by atoms with Crippen LogP contribution in [0.5, 0.6) is 0 Å². The van der Waals surface area contributed by atoms with Gasteiger partial charge in [-0.1, -0.05) is 0 Å². The lowest BCUT2D eigenvalue weighted by Gasteiger charge is -2.32. The van der Waals surface area contributed by atoms with E-state index in [0.29, 0.717) is 5.69 Å². The second kappa shape index (κ2) is 6.18. The number of thiophene rings is 1. The molecule has 1 aliphatic carbocycles. The molecule has 1 aromatic heterocycles. The number of ketones is 1. The van der Waals surface area contributed by atoms with Gasteiger partial charge in [-0.2, -0.15) is 0 Å². The lowest BCUT2D eigenvalue weighted by Crippen LogP contribution is -2.44. The highest BCUT2D eigenvalue weighted by atomic mass is 32.2. The maximum Gasteiger partial charge on any atom is 0.178 e. The van der Waals surface area contributed by atoms with Crippen molar-refractivity contribution in [3.63, 3.8) is 0 Å². The van der Waals surface area contributed by atoms with Crippen molar-refractivity contribution in [2.24, 2.45) is 5.92 Å². The SMILES string of the molecule is CSc1c(NCC(C)(C)N(C)C)sc(C(=O)C2CC2)c1N. The van der Waals surface area contributed by atoms with Crippen molar-refractivity contribution in [2.75, 3.05) is 37.9 Å². The number of nitrogens with one attached hydrogen (secondary N) is 1. The number of carbonyl (C=O) groups excluding carboxylic acids is 1. The highest BCUT2D eigenvalue weighted by molar-refractivity contribution is 7.99. The summed E-state index contributed by atoms with van der Waals surface area (Å²) in [5, 5.41) is 4.51. The monoisotopic (exact) mass is 327 g/mol. The molecule has 1 heterocycles. The quantitative estimate of drug-likeness (QED) is 0.594. The lowest BCUT2D eigenvalue weighted by molar-refractivity contribution is 0.0972. The molecule has 0 aromatic carbocycles. The topological polar surface area (TPSA) is 58.4 Å². The van der Waals surface area contributed by atoms with Gasteiger partial charge in [-0.15, -0.1) is 23.1 Å². The summed E-state index contributed by atoms with van der Waals surface area (Å²) in [7, 11) is 4.14. The Morgan fingerprint density at radius 1 is 1.48 bits per heavy atom. The first-order valence-electron chi connectivity index (χ1n) is 7.19. The molecule has 0 saturated heterocycles. The molecule has 0 atom stereocenters. The van der Waals surface area contributed by atoms with Crippen LogP contribution in [0.4, 0.5) is 10.7 Å². The molecule has 118 valence electrons. The number of carbonyl (C=O) groups is 1. The number of thioether (sulfide) groups is 1. The molecule has 0 spiro atoms. The molecule has 0 unspecified atom stereocenters. The van der Waals surface area contributed by atoms with Crippen molar-refractivity contribution in [1.29, 1.82) is 0 Å². The van der Waals surface area contributed by atoms with Crippen LogP contribution in [0.2, 0.25) is 0 Å².